The van der Waals surface area contributed by atoms with Crippen molar-refractivity contribution in [3.05, 3.63) is 106 Å². The molecule has 0 aliphatic carbocycles. The van der Waals surface area contributed by atoms with Gasteiger partial charge in [-0.1, -0.05) is 87.0 Å². The predicted molar refractivity (Wildman–Crippen MR) is 129 cm³/mol. The second kappa shape index (κ2) is 8.60. The van der Waals surface area contributed by atoms with Gasteiger partial charge in [0.25, 0.3) is 5.91 Å². The summed E-state index contributed by atoms with van der Waals surface area (Å²) in [6.07, 6.45) is 0. The van der Waals surface area contributed by atoms with Crippen molar-refractivity contribution in [3.63, 3.8) is 0 Å². The van der Waals surface area contributed by atoms with E-state index in [4.69, 9.17) is 11.6 Å². The van der Waals surface area contributed by atoms with Crippen LogP contribution in [0.25, 0.3) is 10.9 Å². The third kappa shape index (κ3) is 4.83. The summed E-state index contributed by atoms with van der Waals surface area (Å²) in [7, 11) is 0. The van der Waals surface area contributed by atoms with E-state index in [9.17, 15) is 4.79 Å². The lowest BCUT2D eigenvalue weighted by Gasteiger charge is -2.19. The van der Waals surface area contributed by atoms with Crippen LogP contribution in [0.1, 0.15) is 48.0 Å². The summed E-state index contributed by atoms with van der Waals surface area (Å²) in [6.45, 7) is 7.69. The van der Waals surface area contributed by atoms with Gasteiger partial charge in [-0.15, -0.1) is 0 Å². The molecule has 0 atom stereocenters. The first-order valence-electron chi connectivity index (χ1n) is 10.5. The number of halogens is 1. The van der Waals surface area contributed by atoms with E-state index in [0.29, 0.717) is 23.8 Å². The number of hydrogen-bond acceptors (Lipinski definition) is 1. The van der Waals surface area contributed by atoms with E-state index in [2.05, 4.69) is 54.9 Å². The molecule has 3 aromatic carbocycles. The van der Waals surface area contributed by atoms with Crippen molar-refractivity contribution in [2.75, 3.05) is 0 Å². The van der Waals surface area contributed by atoms with Crippen molar-refractivity contribution in [1.29, 1.82) is 0 Å². The van der Waals surface area contributed by atoms with Crippen LogP contribution in [0.15, 0.2) is 78.9 Å². The van der Waals surface area contributed by atoms with Gasteiger partial charge in [0.05, 0.1) is 0 Å². The van der Waals surface area contributed by atoms with Gasteiger partial charge < -0.3 is 9.88 Å². The number of nitrogens with zero attached hydrogens (tertiary/aromatic N) is 1. The lowest BCUT2D eigenvalue weighted by atomic mass is 9.87. The standard InChI is InChI=1S/C27H27ClN2O/c1-27(2,3)22-12-8-19(9-13-22)17-29-26(31)25-16-21-6-4-5-7-24(21)30(25)18-20-10-14-23(28)15-11-20/h4-16H,17-18H2,1-3H3,(H,29,31). The van der Waals surface area contributed by atoms with Crippen molar-refractivity contribution in [2.45, 2.75) is 39.3 Å². The lowest BCUT2D eigenvalue weighted by molar-refractivity contribution is 0.0942. The number of amides is 1. The molecule has 0 spiro atoms. The predicted octanol–water partition coefficient (Wildman–Crippen LogP) is 6.57. The first kappa shape index (κ1) is 21.2. The van der Waals surface area contributed by atoms with Crippen molar-refractivity contribution in [1.82, 2.24) is 9.88 Å². The van der Waals surface area contributed by atoms with Gasteiger partial charge >= 0.3 is 0 Å². The molecule has 1 N–H and O–H groups in total. The van der Waals surface area contributed by atoms with E-state index < -0.39 is 0 Å². The fraction of sp³-hybridized carbons (Fsp3) is 0.222. The molecule has 3 nitrogen and oxygen atoms in total. The zero-order valence-corrected chi connectivity index (χ0v) is 18.9. The van der Waals surface area contributed by atoms with Gasteiger partial charge in [-0.25, -0.2) is 0 Å². The van der Waals surface area contributed by atoms with E-state index in [-0.39, 0.29) is 11.3 Å². The topological polar surface area (TPSA) is 34.0 Å². The number of aromatic nitrogens is 1. The van der Waals surface area contributed by atoms with Crippen molar-refractivity contribution >= 4 is 28.4 Å². The molecule has 158 valence electrons. The van der Waals surface area contributed by atoms with Gasteiger partial charge in [0.1, 0.15) is 5.69 Å². The molecular weight excluding hydrogens is 404 g/mol. The maximum Gasteiger partial charge on any atom is 0.268 e. The summed E-state index contributed by atoms with van der Waals surface area (Å²) in [5.74, 6) is -0.0786. The number of carbonyl (C=O) groups excluding carboxylic acids is 1. The van der Waals surface area contributed by atoms with Gasteiger partial charge in [-0.05, 0) is 46.4 Å². The third-order valence-corrected chi connectivity index (χ3v) is 5.82. The van der Waals surface area contributed by atoms with E-state index >= 15 is 0 Å². The minimum atomic E-state index is -0.0786. The Morgan fingerprint density at radius 1 is 0.903 bits per heavy atom. The van der Waals surface area contributed by atoms with Crippen LogP contribution >= 0.6 is 11.6 Å². The highest BCUT2D eigenvalue weighted by atomic mass is 35.5. The van der Waals surface area contributed by atoms with Crippen LogP contribution < -0.4 is 5.32 Å². The zero-order valence-electron chi connectivity index (χ0n) is 18.2. The minimum Gasteiger partial charge on any atom is -0.347 e. The second-order valence-electron chi connectivity index (χ2n) is 8.93. The molecule has 0 saturated carbocycles. The smallest absolute Gasteiger partial charge is 0.268 e. The molecule has 0 unspecified atom stereocenters. The van der Waals surface area contributed by atoms with Crippen molar-refractivity contribution in [2.24, 2.45) is 0 Å². The molecule has 0 aliphatic heterocycles. The molecule has 0 aliphatic rings. The first-order valence-corrected chi connectivity index (χ1v) is 10.9. The number of fused-ring (bicyclic) bond motifs is 1. The maximum absolute atomic E-state index is 13.1. The first-order chi connectivity index (χ1) is 14.8. The molecule has 0 radical (unpaired) electrons. The Hall–Kier alpha value is -3.04. The zero-order chi connectivity index (χ0) is 22.0. The molecule has 31 heavy (non-hydrogen) atoms. The molecule has 1 amide bonds. The molecule has 4 aromatic rings. The summed E-state index contributed by atoms with van der Waals surface area (Å²) in [6, 6.07) is 26.2. The van der Waals surface area contributed by atoms with Gasteiger partial charge in [-0.2, -0.15) is 0 Å². The second-order valence-corrected chi connectivity index (χ2v) is 9.37. The largest absolute Gasteiger partial charge is 0.347 e. The van der Waals surface area contributed by atoms with E-state index in [1.807, 2.05) is 54.6 Å². The van der Waals surface area contributed by atoms with Crippen LogP contribution in [0.5, 0.6) is 0 Å². The molecule has 4 heteroatoms. The number of nitrogens with one attached hydrogen (secondary N) is 1. The van der Waals surface area contributed by atoms with Crippen LogP contribution in [0.3, 0.4) is 0 Å². The summed E-state index contributed by atoms with van der Waals surface area (Å²) in [5, 5.41) is 4.85. The van der Waals surface area contributed by atoms with Gasteiger partial charge in [-0.3, -0.25) is 4.79 Å². The highest BCUT2D eigenvalue weighted by molar-refractivity contribution is 6.30. The Balaban J connectivity index is 1.56. The lowest BCUT2D eigenvalue weighted by Crippen LogP contribution is -2.25. The number of hydrogen-bond donors (Lipinski definition) is 1. The minimum absolute atomic E-state index is 0.0786. The molecular formula is C27H27ClN2O. The normalized spacial score (nSPS) is 11.6. The molecule has 0 fully saturated rings. The molecule has 0 saturated heterocycles. The van der Waals surface area contributed by atoms with Crippen LogP contribution in [0.2, 0.25) is 5.02 Å². The third-order valence-electron chi connectivity index (χ3n) is 5.57. The average Bonchev–Trinajstić information content (AvgIpc) is 3.12. The van der Waals surface area contributed by atoms with Gasteiger partial charge in [0.15, 0.2) is 0 Å². The number of benzene rings is 3. The summed E-state index contributed by atoms with van der Waals surface area (Å²) >= 11 is 6.03. The average molecular weight is 431 g/mol. The summed E-state index contributed by atoms with van der Waals surface area (Å²) in [4.78, 5) is 13.1. The number of rotatable bonds is 5. The number of carbonyl (C=O) groups is 1. The van der Waals surface area contributed by atoms with E-state index in [1.54, 1.807) is 0 Å². The van der Waals surface area contributed by atoms with Crippen LogP contribution in [0, 0.1) is 0 Å². The summed E-state index contributed by atoms with van der Waals surface area (Å²) < 4.78 is 2.07. The fourth-order valence-corrected chi connectivity index (χ4v) is 3.86. The molecule has 1 aromatic heterocycles. The molecule has 4 rings (SSSR count). The maximum atomic E-state index is 13.1. The Morgan fingerprint density at radius 2 is 1.55 bits per heavy atom. The molecule has 1 heterocycles. The van der Waals surface area contributed by atoms with Gasteiger partial charge in [0.2, 0.25) is 0 Å². The summed E-state index contributed by atoms with van der Waals surface area (Å²) in [5.41, 5.74) is 5.27. The van der Waals surface area contributed by atoms with E-state index in [1.165, 1.54) is 5.56 Å². The SMILES string of the molecule is CC(C)(C)c1ccc(CNC(=O)c2cc3ccccc3n2Cc2ccc(Cl)cc2)cc1. The fourth-order valence-electron chi connectivity index (χ4n) is 3.74. The molecule has 0 bridgehead atoms. The van der Waals surface area contributed by atoms with Crippen LogP contribution in [-0.4, -0.2) is 10.5 Å². The van der Waals surface area contributed by atoms with E-state index in [0.717, 1.165) is 22.0 Å². The Kier molecular flexibility index (Phi) is 5.88. The van der Waals surface area contributed by atoms with Crippen LogP contribution in [-0.2, 0) is 18.5 Å². The number of para-hydroxylation sites is 1. The van der Waals surface area contributed by atoms with Crippen molar-refractivity contribution < 1.29 is 4.79 Å². The Morgan fingerprint density at radius 3 is 2.23 bits per heavy atom. The highest BCUT2D eigenvalue weighted by Gasteiger charge is 2.16. The highest BCUT2D eigenvalue weighted by Crippen LogP contribution is 2.23. The Labute approximate surface area is 188 Å². The van der Waals surface area contributed by atoms with Crippen LogP contribution in [0.4, 0.5) is 0 Å². The van der Waals surface area contributed by atoms with Gasteiger partial charge in [0, 0.05) is 29.0 Å². The Bertz CT molecular complexity index is 1200. The quantitative estimate of drug-likeness (QED) is 0.381. The monoisotopic (exact) mass is 430 g/mol. The van der Waals surface area contributed by atoms with Crippen molar-refractivity contribution in [3.8, 4) is 0 Å².